The lowest BCUT2D eigenvalue weighted by Crippen LogP contribution is -2.38. The molecule has 0 amide bonds. The zero-order valence-electron chi connectivity index (χ0n) is 16.5. The predicted molar refractivity (Wildman–Crippen MR) is 107 cm³/mol. The summed E-state index contributed by atoms with van der Waals surface area (Å²) in [5.41, 5.74) is 3.02. The first-order valence-electron chi connectivity index (χ1n) is 8.67. The van der Waals surface area contributed by atoms with E-state index in [9.17, 15) is 8.42 Å². The third kappa shape index (κ3) is 5.54. The number of benzene rings is 1. The van der Waals surface area contributed by atoms with Gasteiger partial charge in [0.15, 0.2) is 5.96 Å². The lowest BCUT2D eigenvalue weighted by Gasteiger charge is -2.22. The number of nitrogens with two attached hydrogens (primary N) is 1. The predicted octanol–water partition coefficient (Wildman–Crippen LogP) is 1.40. The highest BCUT2D eigenvalue weighted by Crippen LogP contribution is 2.18. The van der Waals surface area contributed by atoms with Crippen LogP contribution in [0.1, 0.15) is 36.6 Å². The summed E-state index contributed by atoms with van der Waals surface area (Å²) in [6.07, 6.45) is 2.02. The second-order valence-corrected chi connectivity index (χ2v) is 8.38. The molecule has 2 aromatic rings. The summed E-state index contributed by atoms with van der Waals surface area (Å²) >= 11 is 0. The van der Waals surface area contributed by atoms with E-state index in [0.29, 0.717) is 25.0 Å². The lowest BCUT2D eigenvalue weighted by molar-refractivity contribution is 0.473. The topological polar surface area (TPSA) is 106 Å². The molecule has 0 saturated carbocycles. The molecular formula is C18H28N6O2S. The Morgan fingerprint density at radius 1 is 1.41 bits per heavy atom. The molecule has 1 aromatic carbocycles. The number of nitrogens with zero attached hydrogens (tertiary/aromatic N) is 4. The third-order valence-electron chi connectivity index (χ3n) is 4.14. The molecule has 0 bridgehead atoms. The summed E-state index contributed by atoms with van der Waals surface area (Å²) in [7, 11) is 1.87. The minimum atomic E-state index is -3.71. The summed E-state index contributed by atoms with van der Waals surface area (Å²) in [4.78, 5) is 6.42. The third-order valence-corrected chi connectivity index (χ3v) is 5.05. The zero-order valence-corrected chi connectivity index (χ0v) is 17.3. The van der Waals surface area contributed by atoms with Gasteiger partial charge in [-0.1, -0.05) is 26.0 Å². The number of aliphatic imine (C=N–C) groups is 1. The van der Waals surface area contributed by atoms with Crippen LogP contribution in [0.4, 0.5) is 0 Å². The Morgan fingerprint density at radius 3 is 2.70 bits per heavy atom. The highest BCUT2D eigenvalue weighted by atomic mass is 32.2. The van der Waals surface area contributed by atoms with Crippen molar-refractivity contribution < 1.29 is 8.42 Å². The van der Waals surface area contributed by atoms with Gasteiger partial charge in [0, 0.05) is 46.0 Å². The van der Waals surface area contributed by atoms with Crippen molar-refractivity contribution in [1.82, 2.24) is 20.0 Å². The summed E-state index contributed by atoms with van der Waals surface area (Å²) in [5, 5.41) is 13.0. The van der Waals surface area contributed by atoms with Gasteiger partial charge < -0.3 is 10.2 Å². The van der Waals surface area contributed by atoms with Crippen molar-refractivity contribution in [3.63, 3.8) is 0 Å². The minimum Gasteiger partial charge on any atom is -0.352 e. The van der Waals surface area contributed by atoms with Crippen LogP contribution in [-0.2, 0) is 30.2 Å². The quantitative estimate of drug-likeness (QED) is 0.571. The van der Waals surface area contributed by atoms with Gasteiger partial charge in [-0.05, 0) is 23.6 Å². The molecule has 0 unspecified atom stereocenters. The van der Waals surface area contributed by atoms with E-state index in [0.717, 1.165) is 16.8 Å². The van der Waals surface area contributed by atoms with Crippen LogP contribution in [0.25, 0.3) is 0 Å². The van der Waals surface area contributed by atoms with E-state index < -0.39 is 10.0 Å². The van der Waals surface area contributed by atoms with E-state index in [2.05, 4.69) is 29.3 Å². The van der Waals surface area contributed by atoms with Gasteiger partial charge in [0.1, 0.15) is 0 Å². The second kappa shape index (κ2) is 8.53. The molecule has 0 aliphatic rings. The largest absolute Gasteiger partial charge is 0.352 e. The van der Waals surface area contributed by atoms with Crippen LogP contribution in [0, 0.1) is 0 Å². The summed E-state index contributed by atoms with van der Waals surface area (Å²) in [6, 6.07) is 6.56. The van der Waals surface area contributed by atoms with E-state index in [4.69, 9.17) is 5.14 Å². The van der Waals surface area contributed by atoms with E-state index in [1.54, 1.807) is 19.2 Å². The Bertz CT molecular complexity index is 918. The number of primary sulfonamides is 1. The van der Waals surface area contributed by atoms with E-state index >= 15 is 0 Å². The maximum atomic E-state index is 11.5. The Labute approximate surface area is 161 Å². The van der Waals surface area contributed by atoms with E-state index in [-0.39, 0.29) is 4.90 Å². The highest BCUT2D eigenvalue weighted by Gasteiger charge is 2.15. The Balaban J connectivity index is 2.08. The number of sulfonamides is 1. The Morgan fingerprint density at radius 2 is 2.11 bits per heavy atom. The van der Waals surface area contributed by atoms with Crippen molar-refractivity contribution in [2.75, 3.05) is 14.1 Å². The fraction of sp³-hybridized carbons (Fsp3) is 0.444. The molecule has 1 heterocycles. The fourth-order valence-corrected chi connectivity index (χ4v) is 3.48. The van der Waals surface area contributed by atoms with Gasteiger partial charge in [-0.2, -0.15) is 5.10 Å². The smallest absolute Gasteiger partial charge is 0.238 e. The average Bonchev–Trinajstić information content (AvgIpc) is 2.95. The van der Waals surface area contributed by atoms with Gasteiger partial charge in [-0.3, -0.25) is 9.67 Å². The molecule has 9 heteroatoms. The van der Waals surface area contributed by atoms with Gasteiger partial charge in [-0.15, -0.1) is 0 Å². The maximum absolute atomic E-state index is 11.5. The number of aromatic nitrogens is 2. The molecule has 1 aromatic heterocycles. The molecule has 2 rings (SSSR count). The van der Waals surface area contributed by atoms with Gasteiger partial charge in [0.05, 0.1) is 10.6 Å². The van der Waals surface area contributed by atoms with Crippen LogP contribution in [0.15, 0.2) is 40.4 Å². The minimum absolute atomic E-state index is 0.0991. The van der Waals surface area contributed by atoms with Crippen LogP contribution in [-0.4, -0.2) is 43.2 Å². The van der Waals surface area contributed by atoms with Gasteiger partial charge in [0.25, 0.3) is 0 Å². The monoisotopic (exact) mass is 392 g/mol. The van der Waals surface area contributed by atoms with E-state index in [1.165, 1.54) is 6.07 Å². The number of guanidine groups is 1. The molecule has 148 valence electrons. The molecule has 0 aliphatic heterocycles. The van der Waals surface area contributed by atoms with Crippen LogP contribution >= 0.6 is 0 Å². The van der Waals surface area contributed by atoms with Crippen LogP contribution in [0.3, 0.4) is 0 Å². The zero-order chi connectivity index (χ0) is 20.2. The molecule has 0 spiro atoms. The van der Waals surface area contributed by atoms with Crippen molar-refractivity contribution in [1.29, 1.82) is 0 Å². The van der Waals surface area contributed by atoms with Gasteiger partial charge in [-0.25, -0.2) is 13.6 Å². The Hall–Kier alpha value is -2.39. The number of hydrogen-bond donors (Lipinski definition) is 2. The molecule has 0 fully saturated rings. The lowest BCUT2D eigenvalue weighted by atomic mass is 10.1. The number of hydrogen-bond acceptors (Lipinski definition) is 4. The van der Waals surface area contributed by atoms with Gasteiger partial charge >= 0.3 is 0 Å². The summed E-state index contributed by atoms with van der Waals surface area (Å²) < 4.78 is 24.8. The van der Waals surface area contributed by atoms with Crippen LogP contribution in [0.2, 0.25) is 0 Å². The number of rotatable bonds is 6. The molecule has 3 N–H and O–H groups in total. The number of aryl methyl sites for hydroxylation is 1. The first kappa shape index (κ1) is 20.9. The first-order valence-corrected chi connectivity index (χ1v) is 10.2. The molecular weight excluding hydrogens is 364 g/mol. The molecule has 0 aliphatic carbocycles. The van der Waals surface area contributed by atoms with Crippen molar-refractivity contribution in [2.24, 2.45) is 17.2 Å². The normalized spacial score (nSPS) is 12.5. The SMILES string of the molecule is CN=C(NCc1cccc(S(N)(=O)=O)c1)N(C)Cc1cn(C)nc1C(C)C. The average molecular weight is 393 g/mol. The van der Waals surface area contributed by atoms with Crippen molar-refractivity contribution in [3.8, 4) is 0 Å². The summed E-state index contributed by atoms with van der Waals surface area (Å²) in [6.45, 7) is 5.34. The Kier molecular flexibility index (Phi) is 6.61. The first-order chi connectivity index (χ1) is 12.6. The maximum Gasteiger partial charge on any atom is 0.238 e. The second-order valence-electron chi connectivity index (χ2n) is 6.82. The van der Waals surface area contributed by atoms with E-state index in [1.807, 2.05) is 35.9 Å². The standard InChI is InChI=1S/C18H28N6O2S/c1-13(2)17-15(12-24(5)22-17)11-23(4)18(20-3)21-10-14-7-6-8-16(9-14)27(19,25)26/h6-9,12-13H,10-11H2,1-5H3,(H,20,21)(H2,19,25,26). The molecule has 0 saturated heterocycles. The van der Waals surface area contributed by atoms with Crippen molar-refractivity contribution >= 4 is 16.0 Å². The highest BCUT2D eigenvalue weighted by molar-refractivity contribution is 7.89. The van der Waals surface area contributed by atoms with Gasteiger partial charge in [0.2, 0.25) is 10.0 Å². The summed E-state index contributed by atoms with van der Waals surface area (Å²) in [5.74, 6) is 1.04. The van der Waals surface area contributed by atoms with Crippen LogP contribution < -0.4 is 10.5 Å². The molecule has 0 radical (unpaired) electrons. The molecule has 27 heavy (non-hydrogen) atoms. The molecule has 0 atom stereocenters. The van der Waals surface area contributed by atoms with Crippen LogP contribution in [0.5, 0.6) is 0 Å². The van der Waals surface area contributed by atoms with Crippen molar-refractivity contribution in [3.05, 3.63) is 47.3 Å². The fourth-order valence-electron chi connectivity index (χ4n) is 2.89. The number of nitrogens with one attached hydrogen (secondary N) is 1. The molecule has 8 nitrogen and oxygen atoms in total. The van der Waals surface area contributed by atoms with Crippen molar-refractivity contribution in [2.45, 2.75) is 37.8 Å².